The predicted octanol–water partition coefficient (Wildman–Crippen LogP) is 2.28. The van der Waals surface area contributed by atoms with E-state index in [1.54, 1.807) is 0 Å². The van der Waals surface area contributed by atoms with E-state index in [4.69, 9.17) is 5.73 Å². The van der Waals surface area contributed by atoms with E-state index in [0.29, 0.717) is 0 Å². The van der Waals surface area contributed by atoms with Crippen molar-refractivity contribution in [3.63, 3.8) is 0 Å². The van der Waals surface area contributed by atoms with Crippen molar-refractivity contribution in [3.05, 3.63) is 22.3 Å². The summed E-state index contributed by atoms with van der Waals surface area (Å²) in [5.74, 6) is -0.398. The van der Waals surface area contributed by atoms with Crippen molar-refractivity contribution in [1.82, 2.24) is 0 Å². The average molecular weight is 303 g/mol. The minimum atomic E-state index is -0.480. The van der Waals surface area contributed by atoms with Crippen LogP contribution in [0.1, 0.15) is 43.0 Å². The van der Waals surface area contributed by atoms with Crippen LogP contribution in [0.4, 0.5) is 11.4 Å². The van der Waals surface area contributed by atoms with Gasteiger partial charge in [0.2, 0.25) is 11.8 Å². The minimum Gasteiger partial charge on any atom is -0.383 e. The van der Waals surface area contributed by atoms with Crippen molar-refractivity contribution in [2.75, 3.05) is 17.2 Å². The van der Waals surface area contributed by atoms with Gasteiger partial charge >= 0.3 is 0 Å². The van der Waals surface area contributed by atoms with E-state index in [1.165, 1.54) is 5.56 Å². The first-order valence-corrected chi connectivity index (χ1v) is 7.61. The largest absolute Gasteiger partial charge is 0.383 e. The van der Waals surface area contributed by atoms with Gasteiger partial charge in [-0.05, 0) is 42.5 Å². The Morgan fingerprint density at radius 1 is 1.23 bits per heavy atom. The Morgan fingerprint density at radius 3 is 2.41 bits per heavy atom. The van der Waals surface area contributed by atoms with Crippen molar-refractivity contribution in [1.29, 1.82) is 0 Å². The monoisotopic (exact) mass is 303 g/mol. The van der Waals surface area contributed by atoms with Crippen LogP contribution in [0.3, 0.4) is 0 Å². The van der Waals surface area contributed by atoms with Gasteiger partial charge in [0.05, 0.1) is 17.8 Å². The molecule has 1 aromatic carbocycles. The molecule has 4 N–H and O–H groups in total. The molecular weight excluding hydrogens is 278 g/mol. The fraction of sp³-hybridized carbons (Fsp3) is 0.529. The zero-order valence-corrected chi connectivity index (χ0v) is 14.0. The van der Waals surface area contributed by atoms with E-state index >= 15 is 0 Å². The third-order valence-electron chi connectivity index (χ3n) is 4.23. The van der Waals surface area contributed by atoms with Gasteiger partial charge in [0.1, 0.15) is 0 Å². The van der Waals surface area contributed by atoms with Crippen LogP contribution in [0.15, 0.2) is 0 Å². The first kappa shape index (κ1) is 16.3. The zero-order chi connectivity index (χ0) is 16.7. The van der Waals surface area contributed by atoms with Gasteiger partial charge in [-0.1, -0.05) is 20.8 Å². The molecular formula is C17H25N3O2. The second kappa shape index (κ2) is 5.63. The normalized spacial score (nSPS) is 13.5. The van der Waals surface area contributed by atoms with Gasteiger partial charge < -0.3 is 16.4 Å². The van der Waals surface area contributed by atoms with E-state index < -0.39 is 5.41 Å². The van der Waals surface area contributed by atoms with E-state index in [2.05, 4.69) is 10.6 Å². The number of primary amides is 1. The maximum Gasteiger partial charge on any atom is 0.229 e. The Morgan fingerprint density at radius 2 is 1.86 bits per heavy atom. The molecule has 2 amide bonds. The summed E-state index contributed by atoms with van der Waals surface area (Å²) in [7, 11) is 0. The molecule has 0 saturated carbocycles. The van der Waals surface area contributed by atoms with Gasteiger partial charge in [-0.25, -0.2) is 0 Å². The van der Waals surface area contributed by atoms with E-state index in [9.17, 15) is 9.59 Å². The lowest BCUT2D eigenvalue weighted by molar-refractivity contribution is -0.123. The van der Waals surface area contributed by atoms with Crippen LogP contribution in [0, 0.1) is 19.3 Å². The van der Waals surface area contributed by atoms with E-state index in [1.807, 2.05) is 34.6 Å². The van der Waals surface area contributed by atoms with Gasteiger partial charge in [0.15, 0.2) is 0 Å². The lowest BCUT2D eigenvalue weighted by Gasteiger charge is -2.23. The molecule has 2 rings (SSSR count). The smallest absolute Gasteiger partial charge is 0.229 e. The molecule has 5 nitrogen and oxygen atoms in total. The van der Waals surface area contributed by atoms with Crippen LogP contribution >= 0.6 is 0 Å². The predicted molar refractivity (Wildman–Crippen MR) is 89.1 cm³/mol. The van der Waals surface area contributed by atoms with Crippen LogP contribution in [0.5, 0.6) is 0 Å². The van der Waals surface area contributed by atoms with Gasteiger partial charge in [0.25, 0.3) is 0 Å². The lowest BCUT2D eigenvalue weighted by Crippen LogP contribution is -2.28. The first-order valence-electron chi connectivity index (χ1n) is 7.61. The number of fused-ring (bicyclic) bond motifs is 1. The van der Waals surface area contributed by atoms with Crippen molar-refractivity contribution >= 4 is 23.2 Å². The summed E-state index contributed by atoms with van der Waals surface area (Å²) < 4.78 is 0. The number of rotatable bonds is 3. The maximum atomic E-state index is 12.4. The third kappa shape index (κ3) is 2.93. The van der Waals surface area contributed by atoms with Crippen LogP contribution in [-0.4, -0.2) is 18.4 Å². The summed E-state index contributed by atoms with van der Waals surface area (Å²) in [6, 6.07) is 0. The maximum absolute atomic E-state index is 12.4. The van der Waals surface area contributed by atoms with Crippen LogP contribution in [0.25, 0.3) is 0 Å². The number of nitrogens with one attached hydrogen (secondary N) is 2. The Labute approximate surface area is 131 Å². The molecule has 1 aliphatic rings. The fourth-order valence-electron chi connectivity index (χ4n) is 2.86. The van der Waals surface area contributed by atoms with E-state index in [0.717, 1.165) is 41.0 Å². The summed E-state index contributed by atoms with van der Waals surface area (Å²) in [6.07, 6.45) is 1.09. The van der Waals surface area contributed by atoms with Crippen molar-refractivity contribution in [3.8, 4) is 0 Å². The van der Waals surface area contributed by atoms with E-state index in [-0.39, 0.29) is 18.2 Å². The van der Waals surface area contributed by atoms with Crippen molar-refractivity contribution in [2.45, 2.75) is 47.5 Å². The summed E-state index contributed by atoms with van der Waals surface area (Å²) in [5, 5.41) is 6.39. The number of carbonyl (C=O) groups is 2. The highest BCUT2D eigenvalue weighted by molar-refractivity contribution is 6.00. The number of carbonyl (C=O) groups excluding carboxylic acids is 2. The Kier molecular flexibility index (Phi) is 4.18. The topological polar surface area (TPSA) is 84.2 Å². The molecule has 0 saturated heterocycles. The average Bonchev–Trinajstić information content (AvgIpc) is 2.87. The molecule has 0 atom stereocenters. The quantitative estimate of drug-likeness (QED) is 0.801. The molecule has 0 unspecified atom stereocenters. The number of hydrogen-bond donors (Lipinski definition) is 3. The van der Waals surface area contributed by atoms with Gasteiger partial charge in [-0.2, -0.15) is 0 Å². The standard InChI is InChI=1S/C17H25N3O2/c1-9-11-6-7-19-15(11)14(20-16(22)17(3,4)5)10(2)12(9)8-13(18)21/h19H,6-8H2,1-5H3,(H2,18,21)(H,20,22). The molecule has 22 heavy (non-hydrogen) atoms. The summed E-state index contributed by atoms with van der Waals surface area (Å²) >= 11 is 0. The van der Waals surface area contributed by atoms with Crippen molar-refractivity contribution in [2.24, 2.45) is 11.1 Å². The highest BCUT2D eigenvalue weighted by atomic mass is 16.2. The SMILES string of the molecule is Cc1c(CC(N)=O)c(C)c(NC(=O)C(C)(C)C)c2c1CCN2. The molecule has 0 aliphatic carbocycles. The summed E-state index contributed by atoms with van der Waals surface area (Å²) in [6.45, 7) is 10.4. The summed E-state index contributed by atoms with van der Waals surface area (Å²) in [5.41, 5.74) is 10.8. The lowest BCUT2D eigenvalue weighted by atomic mass is 9.90. The third-order valence-corrected chi connectivity index (χ3v) is 4.23. The highest BCUT2D eigenvalue weighted by Gasteiger charge is 2.27. The Bertz CT molecular complexity index is 643. The van der Waals surface area contributed by atoms with Crippen LogP contribution < -0.4 is 16.4 Å². The number of nitrogens with two attached hydrogens (primary N) is 1. The zero-order valence-electron chi connectivity index (χ0n) is 14.0. The summed E-state index contributed by atoms with van der Waals surface area (Å²) in [4.78, 5) is 23.8. The molecule has 120 valence electrons. The second-order valence-electron chi connectivity index (χ2n) is 6.98. The minimum absolute atomic E-state index is 0.0413. The number of benzene rings is 1. The number of anilines is 2. The molecule has 0 spiro atoms. The van der Waals surface area contributed by atoms with Gasteiger partial charge in [-0.15, -0.1) is 0 Å². The number of amides is 2. The van der Waals surface area contributed by atoms with Crippen LogP contribution in [0.2, 0.25) is 0 Å². The first-order chi connectivity index (χ1) is 10.1. The molecule has 1 aromatic rings. The highest BCUT2D eigenvalue weighted by Crippen LogP contribution is 2.39. The molecule has 1 aliphatic heterocycles. The molecule has 0 radical (unpaired) electrons. The van der Waals surface area contributed by atoms with Gasteiger partial charge in [-0.3, -0.25) is 9.59 Å². The molecule has 5 heteroatoms. The Hall–Kier alpha value is -2.04. The molecule has 0 fully saturated rings. The number of hydrogen-bond acceptors (Lipinski definition) is 3. The molecule has 1 heterocycles. The molecule has 0 bridgehead atoms. The Balaban J connectivity index is 2.56. The van der Waals surface area contributed by atoms with Crippen LogP contribution in [-0.2, 0) is 22.4 Å². The fourth-order valence-corrected chi connectivity index (χ4v) is 2.86. The van der Waals surface area contributed by atoms with Gasteiger partial charge in [0, 0.05) is 12.0 Å². The molecule has 0 aromatic heterocycles. The second-order valence-corrected chi connectivity index (χ2v) is 6.98. The van der Waals surface area contributed by atoms with Crippen molar-refractivity contribution < 1.29 is 9.59 Å².